The van der Waals surface area contributed by atoms with E-state index < -0.39 is 0 Å². The van der Waals surface area contributed by atoms with Gasteiger partial charge < -0.3 is 20.1 Å². The van der Waals surface area contributed by atoms with Crippen LogP contribution in [0, 0.1) is 5.41 Å². The fraction of sp³-hybridized carbons (Fsp3) is 1.00. The number of nitrogens with zero attached hydrogens (tertiary/aromatic N) is 1. The minimum absolute atomic E-state index is 0.192. The topological polar surface area (TPSA) is 47.7 Å². The molecule has 2 aliphatic heterocycles. The Balaban J connectivity index is 1.88. The number of likely N-dealkylation sites (N-methyl/N-ethyl adjacent to an activating group) is 1. The maximum absolute atomic E-state index is 5.88. The summed E-state index contributed by atoms with van der Waals surface area (Å²) in [6.07, 6.45) is 2.25. The molecule has 2 aliphatic rings. The molecule has 2 heterocycles. The summed E-state index contributed by atoms with van der Waals surface area (Å²) in [5, 5.41) is 0. The van der Waals surface area contributed by atoms with Crippen molar-refractivity contribution in [2.45, 2.75) is 18.9 Å². The molecule has 0 aromatic heterocycles. The van der Waals surface area contributed by atoms with E-state index in [1.54, 1.807) is 0 Å². The Morgan fingerprint density at radius 1 is 1.40 bits per heavy atom. The van der Waals surface area contributed by atoms with Crippen LogP contribution >= 0.6 is 0 Å². The van der Waals surface area contributed by atoms with E-state index in [0.29, 0.717) is 6.04 Å². The van der Waals surface area contributed by atoms with E-state index in [0.717, 1.165) is 52.4 Å². The average molecular weight is 214 g/mol. The average Bonchev–Trinajstić information content (AvgIpc) is 2.88. The number of nitrogens with two attached hydrogens (primary N) is 1. The van der Waals surface area contributed by atoms with Gasteiger partial charge in [-0.3, -0.25) is 0 Å². The summed E-state index contributed by atoms with van der Waals surface area (Å²) in [5.74, 6) is 0. The van der Waals surface area contributed by atoms with Gasteiger partial charge in [0.2, 0.25) is 0 Å². The lowest BCUT2D eigenvalue weighted by molar-refractivity contribution is 0.0977. The molecule has 0 aromatic carbocycles. The third kappa shape index (κ3) is 2.50. The molecule has 4 nitrogen and oxygen atoms in total. The van der Waals surface area contributed by atoms with Gasteiger partial charge in [0.15, 0.2) is 0 Å². The third-order valence-electron chi connectivity index (χ3n) is 3.73. The lowest BCUT2D eigenvalue weighted by Gasteiger charge is -2.33. The van der Waals surface area contributed by atoms with Crippen LogP contribution in [0.15, 0.2) is 0 Å². The molecular weight excluding hydrogens is 192 g/mol. The van der Waals surface area contributed by atoms with Crippen LogP contribution in [0.25, 0.3) is 0 Å². The zero-order valence-corrected chi connectivity index (χ0v) is 9.58. The van der Waals surface area contributed by atoms with E-state index in [-0.39, 0.29) is 5.41 Å². The fourth-order valence-electron chi connectivity index (χ4n) is 2.53. The van der Waals surface area contributed by atoms with Gasteiger partial charge in [-0.25, -0.2) is 0 Å². The van der Waals surface area contributed by atoms with Gasteiger partial charge in [-0.2, -0.15) is 0 Å². The van der Waals surface area contributed by atoms with Gasteiger partial charge in [0, 0.05) is 37.8 Å². The Hall–Kier alpha value is -0.160. The van der Waals surface area contributed by atoms with Crippen molar-refractivity contribution in [1.82, 2.24) is 4.90 Å². The second-order valence-electron chi connectivity index (χ2n) is 4.94. The molecule has 2 N–H and O–H groups in total. The largest absolute Gasteiger partial charge is 0.381 e. The van der Waals surface area contributed by atoms with Gasteiger partial charge in [-0.15, -0.1) is 0 Å². The van der Waals surface area contributed by atoms with E-state index in [9.17, 15) is 0 Å². The number of hydrogen-bond acceptors (Lipinski definition) is 4. The third-order valence-corrected chi connectivity index (χ3v) is 3.73. The molecular formula is C11H22N2O2. The summed E-state index contributed by atoms with van der Waals surface area (Å²) in [6.45, 7) is 5.23. The number of hydrogen-bond donors (Lipinski definition) is 1. The van der Waals surface area contributed by atoms with Crippen LogP contribution in [0.2, 0.25) is 0 Å². The summed E-state index contributed by atoms with van der Waals surface area (Å²) < 4.78 is 10.9. The van der Waals surface area contributed by atoms with Gasteiger partial charge in [-0.1, -0.05) is 0 Å². The zero-order valence-electron chi connectivity index (χ0n) is 9.58. The first-order valence-electron chi connectivity index (χ1n) is 5.82. The predicted molar refractivity (Wildman–Crippen MR) is 58.8 cm³/mol. The molecule has 2 unspecified atom stereocenters. The Morgan fingerprint density at radius 2 is 2.27 bits per heavy atom. The first-order chi connectivity index (χ1) is 7.26. The van der Waals surface area contributed by atoms with Gasteiger partial charge >= 0.3 is 0 Å². The van der Waals surface area contributed by atoms with Crippen molar-refractivity contribution in [3.63, 3.8) is 0 Å². The summed E-state index contributed by atoms with van der Waals surface area (Å²) in [5.41, 5.74) is 6.07. The molecule has 2 atom stereocenters. The summed E-state index contributed by atoms with van der Waals surface area (Å²) >= 11 is 0. The number of rotatable bonds is 4. The van der Waals surface area contributed by atoms with Crippen molar-refractivity contribution in [2.24, 2.45) is 11.1 Å². The van der Waals surface area contributed by atoms with Crippen LogP contribution in [0.3, 0.4) is 0 Å². The quantitative estimate of drug-likeness (QED) is 0.719. The fourth-order valence-corrected chi connectivity index (χ4v) is 2.53. The van der Waals surface area contributed by atoms with Crippen molar-refractivity contribution in [2.75, 3.05) is 46.6 Å². The maximum atomic E-state index is 5.88. The standard InChI is InChI=1S/C11H22N2O2/c1-13(10-2-4-14-6-10)8-11(7-12)3-5-15-9-11/h10H,2-9,12H2,1H3. The monoisotopic (exact) mass is 214 g/mol. The smallest absolute Gasteiger partial charge is 0.0622 e. The second kappa shape index (κ2) is 4.78. The molecule has 0 saturated carbocycles. The van der Waals surface area contributed by atoms with Crippen LogP contribution in [-0.2, 0) is 9.47 Å². The van der Waals surface area contributed by atoms with E-state index in [4.69, 9.17) is 15.2 Å². The highest BCUT2D eigenvalue weighted by Crippen LogP contribution is 2.29. The van der Waals surface area contributed by atoms with E-state index in [1.807, 2.05) is 0 Å². The van der Waals surface area contributed by atoms with E-state index in [2.05, 4.69) is 11.9 Å². The van der Waals surface area contributed by atoms with Crippen LogP contribution in [0.5, 0.6) is 0 Å². The lowest BCUT2D eigenvalue weighted by atomic mass is 9.86. The zero-order chi connectivity index (χ0) is 10.7. The van der Waals surface area contributed by atoms with Crippen molar-refractivity contribution in [3.8, 4) is 0 Å². The summed E-state index contributed by atoms with van der Waals surface area (Å²) in [7, 11) is 2.18. The first-order valence-corrected chi connectivity index (χ1v) is 5.82. The van der Waals surface area contributed by atoms with Crippen LogP contribution in [0.4, 0.5) is 0 Å². The van der Waals surface area contributed by atoms with Crippen molar-refractivity contribution >= 4 is 0 Å². The Kier molecular flexibility index (Phi) is 3.61. The molecule has 0 radical (unpaired) electrons. The molecule has 0 aliphatic carbocycles. The second-order valence-corrected chi connectivity index (χ2v) is 4.94. The van der Waals surface area contributed by atoms with Crippen molar-refractivity contribution < 1.29 is 9.47 Å². The van der Waals surface area contributed by atoms with Crippen LogP contribution < -0.4 is 5.73 Å². The minimum atomic E-state index is 0.192. The Bertz CT molecular complexity index is 199. The van der Waals surface area contributed by atoms with Crippen molar-refractivity contribution in [3.05, 3.63) is 0 Å². The van der Waals surface area contributed by atoms with E-state index >= 15 is 0 Å². The van der Waals surface area contributed by atoms with Gasteiger partial charge in [0.25, 0.3) is 0 Å². The van der Waals surface area contributed by atoms with Gasteiger partial charge in [-0.05, 0) is 19.9 Å². The van der Waals surface area contributed by atoms with Crippen LogP contribution in [-0.4, -0.2) is 57.5 Å². The molecule has 88 valence electrons. The Labute approximate surface area is 91.7 Å². The molecule has 2 saturated heterocycles. The number of ether oxygens (including phenoxy) is 2. The summed E-state index contributed by atoms with van der Waals surface area (Å²) in [6, 6.07) is 0.578. The molecule has 0 aromatic rings. The molecule has 2 rings (SSSR count). The maximum Gasteiger partial charge on any atom is 0.0622 e. The molecule has 0 spiro atoms. The minimum Gasteiger partial charge on any atom is -0.381 e. The first kappa shape index (κ1) is 11.3. The van der Waals surface area contributed by atoms with Gasteiger partial charge in [0.1, 0.15) is 0 Å². The highest BCUT2D eigenvalue weighted by Gasteiger charge is 2.36. The van der Waals surface area contributed by atoms with E-state index in [1.165, 1.54) is 0 Å². The molecule has 0 bridgehead atoms. The highest BCUT2D eigenvalue weighted by molar-refractivity contribution is 4.88. The van der Waals surface area contributed by atoms with Crippen LogP contribution in [0.1, 0.15) is 12.8 Å². The van der Waals surface area contributed by atoms with Gasteiger partial charge in [0.05, 0.1) is 13.2 Å². The lowest BCUT2D eigenvalue weighted by Crippen LogP contribution is -2.45. The molecule has 15 heavy (non-hydrogen) atoms. The molecule has 0 amide bonds. The predicted octanol–water partition coefficient (Wildman–Crippen LogP) is 0.0725. The molecule has 4 heteroatoms. The highest BCUT2D eigenvalue weighted by atomic mass is 16.5. The normalized spacial score (nSPS) is 36.6. The summed E-state index contributed by atoms with van der Waals surface area (Å²) in [4.78, 5) is 2.40. The molecule has 2 fully saturated rings. The SMILES string of the molecule is CN(CC1(CN)CCOC1)C1CCOC1. The van der Waals surface area contributed by atoms with Crippen molar-refractivity contribution in [1.29, 1.82) is 0 Å². The Morgan fingerprint density at radius 3 is 2.80 bits per heavy atom.